The minimum Gasteiger partial charge on any atom is -0.0622 e. The maximum atomic E-state index is 2.52. The summed E-state index contributed by atoms with van der Waals surface area (Å²) >= 11 is 0. The molecule has 0 unspecified atom stereocenters. The summed E-state index contributed by atoms with van der Waals surface area (Å²) in [5.41, 5.74) is 15.4. The zero-order valence-electron chi connectivity index (χ0n) is 27.2. The lowest BCUT2D eigenvalue weighted by Crippen LogP contribution is -2.28. The lowest BCUT2D eigenvalue weighted by Gasteiger charge is -2.36. The molecule has 0 aromatic heterocycles. The van der Waals surface area contributed by atoms with Crippen LogP contribution >= 0.6 is 0 Å². The van der Waals surface area contributed by atoms with Crippen LogP contribution in [0.3, 0.4) is 0 Å². The molecule has 0 spiro atoms. The van der Waals surface area contributed by atoms with Gasteiger partial charge in [-0.25, -0.2) is 0 Å². The second-order valence-corrected chi connectivity index (χ2v) is 14.0. The van der Waals surface area contributed by atoms with E-state index < -0.39 is 5.41 Å². The largest absolute Gasteiger partial charge is 0.0713 e. The Labute approximate surface area is 282 Å². The molecular formula is C48H34. The molecule has 2 aliphatic carbocycles. The molecule has 48 heavy (non-hydrogen) atoms. The summed E-state index contributed by atoms with van der Waals surface area (Å²) in [6.07, 6.45) is 0. The van der Waals surface area contributed by atoms with Crippen LogP contribution in [0.25, 0.3) is 54.9 Å². The van der Waals surface area contributed by atoms with Crippen molar-refractivity contribution in [1.82, 2.24) is 0 Å². The fourth-order valence-electron chi connectivity index (χ4n) is 9.33. The molecule has 0 heterocycles. The van der Waals surface area contributed by atoms with Gasteiger partial charge in [-0.3, -0.25) is 0 Å². The first-order chi connectivity index (χ1) is 23.6. The summed E-state index contributed by atoms with van der Waals surface area (Å²) in [6, 6.07) is 63.6. The molecule has 0 nitrogen and oxygen atoms in total. The third-order valence-corrected chi connectivity index (χ3v) is 11.3. The van der Waals surface area contributed by atoms with E-state index in [1.807, 2.05) is 0 Å². The van der Waals surface area contributed by atoms with Crippen molar-refractivity contribution in [1.29, 1.82) is 0 Å². The summed E-state index contributed by atoms with van der Waals surface area (Å²) in [6.45, 7) is 4.78. The van der Waals surface area contributed by atoms with Gasteiger partial charge in [-0.1, -0.05) is 178 Å². The van der Waals surface area contributed by atoms with Gasteiger partial charge in [0.1, 0.15) is 0 Å². The quantitative estimate of drug-likeness (QED) is 0.175. The highest BCUT2D eigenvalue weighted by Crippen LogP contribution is 2.58. The van der Waals surface area contributed by atoms with Crippen molar-refractivity contribution in [2.45, 2.75) is 24.7 Å². The van der Waals surface area contributed by atoms with Crippen LogP contribution in [0.15, 0.2) is 170 Å². The number of fused-ring (bicyclic) bond motifs is 7. The maximum Gasteiger partial charge on any atom is 0.0713 e. The van der Waals surface area contributed by atoms with Gasteiger partial charge in [-0.05, 0) is 94.4 Å². The lowest BCUT2D eigenvalue weighted by molar-refractivity contribution is 0.645. The summed E-state index contributed by atoms with van der Waals surface area (Å²) in [7, 11) is 0. The van der Waals surface area contributed by atoms with Crippen LogP contribution in [0.1, 0.15) is 47.2 Å². The predicted molar refractivity (Wildman–Crippen MR) is 202 cm³/mol. The van der Waals surface area contributed by atoms with Crippen molar-refractivity contribution >= 4 is 21.5 Å². The van der Waals surface area contributed by atoms with E-state index in [9.17, 15) is 0 Å². The molecular weight excluding hydrogens is 577 g/mol. The molecule has 0 fully saturated rings. The van der Waals surface area contributed by atoms with Crippen molar-refractivity contribution < 1.29 is 0 Å². The molecule has 8 aromatic carbocycles. The zero-order chi connectivity index (χ0) is 32.0. The fourth-order valence-corrected chi connectivity index (χ4v) is 9.33. The second-order valence-electron chi connectivity index (χ2n) is 14.0. The first-order valence-corrected chi connectivity index (χ1v) is 17.0. The smallest absolute Gasteiger partial charge is 0.0622 e. The highest BCUT2D eigenvalue weighted by Gasteiger charge is 2.46. The molecule has 0 saturated heterocycles. The van der Waals surface area contributed by atoms with E-state index in [0.717, 1.165) is 0 Å². The Morgan fingerprint density at radius 1 is 0.354 bits per heavy atom. The van der Waals surface area contributed by atoms with Crippen molar-refractivity contribution in [2.75, 3.05) is 0 Å². The Morgan fingerprint density at radius 3 is 1.58 bits per heavy atom. The molecule has 0 amide bonds. The number of hydrogen-bond donors (Lipinski definition) is 0. The van der Waals surface area contributed by atoms with Crippen LogP contribution in [0.5, 0.6) is 0 Å². The monoisotopic (exact) mass is 610 g/mol. The van der Waals surface area contributed by atoms with Gasteiger partial charge >= 0.3 is 0 Å². The van der Waals surface area contributed by atoms with Crippen LogP contribution in [0.2, 0.25) is 0 Å². The molecule has 0 bridgehead atoms. The third-order valence-electron chi connectivity index (χ3n) is 11.3. The number of benzene rings is 8. The van der Waals surface area contributed by atoms with Crippen LogP contribution < -0.4 is 0 Å². The lowest BCUT2D eigenvalue weighted by atomic mass is 9.66. The topological polar surface area (TPSA) is 0 Å². The Bertz CT molecular complexity index is 2530. The van der Waals surface area contributed by atoms with E-state index >= 15 is 0 Å². The molecule has 226 valence electrons. The molecule has 0 saturated carbocycles. The van der Waals surface area contributed by atoms with Gasteiger partial charge in [0, 0.05) is 5.41 Å². The highest BCUT2D eigenvalue weighted by molar-refractivity contribution is 6.23. The fraction of sp³-hybridized carbons (Fsp3) is 0.0833. The maximum absolute atomic E-state index is 2.52. The molecule has 10 rings (SSSR count). The van der Waals surface area contributed by atoms with E-state index in [1.54, 1.807) is 0 Å². The van der Waals surface area contributed by atoms with Crippen LogP contribution in [0, 0.1) is 0 Å². The molecule has 0 heteroatoms. The standard InChI is InChI=1S/C48H34/c1-47(2)40-25-13-12-23-38(40)45-37-22-10-9-21-36(37)44(39-24-15-27-42(47)46(39)45)31-28-29-35-34-20-11-14-26-41(34)48(43(35)30-31,32-16-5-3-6-17-32)33-18-7-4-8-19-33/h3-30H,1-2H3. The van der Waals surface area contributed by atoms with Crippen molar-refractivity contribution in [3.8, 4) is 33.4 Å². The SMILES string of the molecule is CC1(C)c2ccccc2-c2c3ccccc3c(-c3ccc4c(c3)C(c3ccccc3)(c3ccccc3)c3ccccc3-4)c3cccc1c23. The number of hydrogen-bond acceptors (Lipinski definition) is 0. The van der Waals surface area contributed by atoms with Gasteiger partial charge in [0.25, 0.3) is 0 Å². The van der Waals surface area contributed by atoms with Gasteiger partial charge in [0.2, 0.25) is 0 Å². The summed E-state index contributed by atoms with van der Waals surface area (Å²) < 4.78 is 0. The van der Waals surface area contributed by atoms with Gasteiger partial charge in [0.05, 0.1) is 5.41 Å². The first-order valence-electron chi connectivity index (χ1n) is 17.0. The first kappa shape index (κ1) is 27.4. The average molecular weight is 611 g/mol. The Balaban J connectivity index is 1.35. The molecule has 0 atom stereocenters. The third kappa shape index (κ3) is 3.45. The minimum absolute atomic E-state index is 0.113. The molecule has 0 N–H and O–H groups in total. The van der Waals surface area contributed by atoms with Crippen molar-refractivity contribution in [3.05, 3.63) is 203 Å². The van der Waals surface area contributed by atoms with Crippen LogP contribution in [0.4, 0.5) is 0 Å². The Hall–Kier alpha value is -5.72. The van der Waals surface area contributed by atoms with E-state index in [2.05, 4.69) is 184 Å². The predicted octanol–water partition coefficient (Wildman–Crippen LogP) is 12.3. The van der Waals surface area contributed by atoms with Gasteiger partial charge < -0.3 is 0 Å². The summed E-state index contributed by atoms with van der Waals surface area (Å²) in [4.78, 5) is 0. The number of rotatable bonds is 3. The van der Waals surface area contributed by atoms with E-state index in [0.29, 0.717) is 0 Å². The Morgan fingerprint density at radius 2 is 0.875 bits per heavy atom. The summed E-state index contributed by atoms with van der Waals surface area (Å²) in [5, 5.41) is 5.32. The van der Waals surface area contributed by atoms with E-state index in [4.69, 9.17) is 0 Å². The van der Waals surface area contributed by atoms with Crippen molar-refractivity contribution in [3.63, 3.8) is 0 Å². The van der Waals surface area contributed by atoms with Crippen molar-refractivity contribution in [2.24, 2.45) is 0 Å². The van der Waals surface area contributed by atoms with Gasteiger partial charge in [-0.2, -0.15) is 0 Å². The minimum atomic E-state index is -0.437. The normalized spacial score (nSPS) is 14.8. The molecule has 0 aliphatic heterocycles. The average Bonchev–Trinajstić information content (AvgIpc) is 3.44. The second kappa shape index (κ2) is 9.89. The van der Waals surface area contributed by atoms with E-state index in [-0.39, 0.29) is 5.41 Å². The van der Waals surface area contributed by atoms with Gasteiger partial charge in [-0.15, -0.1) is 0 Å². The zero-order valence-corrected chi connectivity index (χ0v) is 27.2. The van der Waals surface area contributed by atoms with Gasteiger partial charge in [0.15, 0.2) is 0 Å². The van der Waals surface area contributed by atoms with E-state index in [1.165, 1.54) is 88.3 Å². The molecule has 0 radical (unpaired) electrons. The van der Waals surface area contributed by atoms with Crippen LogP contribution in [-0.4, -0.2) is 0 Å². The molecule has 8 aromatic rings. The Kier molecular flexibility index (Phi) is 5.65. The summed E-state index contributed by atoms with van der Waals surface area (Å²) in [5.74, 6) is 0. The highest BCUT2D eigenvalue weighted by atomic mass is 14.5. The molecule has 2 aliphatic rings. The van der Waals surface area contributed by atoms with Crippen LogP contribution in [-0.2, 0) is 10.8 Å².